The molecule has 2 aliphatic heterocycles. The van der Waals surface area contributed by atoms with Crippen LogP contribution in [0.5, 0.6) is 5.75 Å². The Morgan fingerprint density at radius 3 is 2.50 bits per heavy atom. The summed E-state index contributed by atoms with van der Waals surface area (Å²) in [7, 11) is 0. The summed E-state index contributed by atoms with van der Waals surface area (Å²) in [5.74, 6) is -0.0709. The predicted molar refractivity (Wildman–Crippen MR) is 165 cm³/mol. The first-order valence-corrected chi connectivity index (χ1v) is 17.4. The van der Waals surface area contributed by atoms with E-state index in [1.54, 1.807) is 47.9 Å². The number of carboxylic acid groups (broad SMARTS) is 1. The number of para-hydroxylation sites is 1. The van der Waals surface area contributed by atoms with E-state index >= 15 is 0 Å². The number of pyridine rings is 1. The Labute approximate surface area is 271 Å². The Morgan fingerprint density at radius 2 is 1.76 bits per heavy atom. The van der Waals surface area contributed by atoms with Crippen LogP contribution in [0.25, 0.3) is 10.9 Å². The number of aliphatic carboxylic acids is 1. The molecule has 2 aliphatic rings. The number of ether oxygens (including phenoxy) is 2. The number of amides is 3. The molecule has 15 heteroatoms. The van der Waals surface area contributed by atoms with Crippen LogP contribution in [0.4, 0.5) is 4.79 Å². The zero-order valence-electron chi connectivity index (χ0n) is 25.7. The first-order valence-electron chi connectivity index (χ1n) is 15.1. The fourth-order valence-electron chi connectivity index (χ4n) is 5.45. The van der Waals surface area contributed by atoms with E-state index in [-0.39, 0.29) is 74.3 Å². The van der Waals surface area contributed by atoms with Gasteiger partial charge in [0.2, 0.25) is 0 Å². The van der Waals surface area contributed by atoms with Gasteiger partial charge < -0.3 is 0 Å². The standard InChI is InChI=1S/C31H36AsN5O9/c1-3-44-31(43)36-14-12-35(13-15-36)30(42)21(8-9-28(39)40)32-29(41)24-16-25(20-6-4-5-7-22(20)34-24)45-18-27(38)37-11-10-23-26(17-37)46-19(2)33-23/h4-7,16,21,32H,3,8-15,17-18H2,1-2H3,(H,39,40)/t21-/m0/s1. The number of benzene rings is 1. The normalized spacial score (nSPS) is 15.6. The molecule has 46 heavy (non-hydrogen) atoms. The van der Waals surface area contributed by atoms with Crippen molar-refractivity contribution in [1.29, 1.82) is 0 Å². The fraction of sp³-hybridized carbons (Fsp3) is 0.452. The van der Waals surface area contributed by atoms with E-state index in [4.69, 9.17) is 13.9 Å². The van der Waals surface area contributed by atoms with Crippen molar-refractivity contribution in [2.24, 2.45) is 0 Å². The number of nitrogens with zero attached hydrogens (tertiary/aromatic N) is 5. The Bertz CT molecular complexity index is 1640. The van der Waals surface area contributed by atoms with E-state index in [1.807, 2.05) is 0 Å². The molecular formula is C31H36AsN5O9. The number of hydrogen-bond acceptors (Lipinski definition) is 10. The second kappa shape index (κ2) is 14.8. The van der Waals surface area contributed by atoms with Crippen molar-refractivity contribution in [3.05, 3.63) is 53.4 Å². The molecule has 5 rings (SSSR count). The van der Waals surface area contributed by atoms with Crippen LogP contribution in [0.2, 0.25) is 4.71 Å². The SMILES string of the molecule is CCOC(=O)N1CCN(C(=O)[C@H](CCC(=O)O)[AsH]C(=O)c2cc(OCC(=O)N3CCc4nc(C)oc4C3)c3ccccc3n2)CC1. The number of carbonyl (C=O) groups excluding carboxylic acids is 4. The van der Waals surface area contributed by atoms with Crippen molar-refractivity contribution < 1.29 is 43.0 Å². The second-order valence-corrected chi connectivity index (χ2v) is 14.0. The molecule has 1 unspecified atom stereocenters. The number of aryl methyl sites for hydroxylation is 1. The molecule has 0 radical (unpaired) electrons. The zero-order chi connectivity index (χ0) is 32.8. The maximum absolute atomic E-state index is 13.7. The van der Waals surface area contributed by atoms with E-state index in [9.17, 15) is 29.1 Å². The van der Waals surface area contributed by atoms with Crippen LogP contribution in [0.1, 0.15) is 47.6 Å². The molecule has 1 saturated heterocycles. The minimum atomic E-state index is -1.72. The third-order valence-electron chi connectivity index (χ3n) is 7.82. The predicted octanol–water partition coefficient (Wildman–Crippen LogP) is 2.03. The number of hydrogen-bond donors (Lipinski definition) is 1. The van der Waals surface area contributed by atoms with Gasteiger partial charge >= 0.3 is 265 Å². The molecule has 244 valence electrons. The Balaban J connectivity index is 1.28. The van der Waals surface area contributed by atoms with Crippen molar-refractivity contribution in [2.45, 2.75) is 44.4 Å². The summed E-state index contributed by atoms with van der Waals surface area (Å²) >= 11 is -1.72. The summed E-state index contributed by atoms with van der Waals surface area (Å²) in [6.07, 6.45) is -0.102. The van der Waals surface area contributed by atoms with Crippen molar-refractivity contribution in [3.8, 4) is 5.75 Å². The molecule has 1 N–H and O–H groups in total. The van der Waals surface area contributed by atoms with E-state index in [1.165, 1.54) is 11.0 Å². The first kappa shape index (κ1) is 32.9. The molecule has 14 nitrogen and oxygen atoms in total. The van der Waals surface area contributed by atoms with Crippen LogP contribution >= 0.6 is 0 Å². The number of carbonyl (C=O) groups is 5. The molecule has 3 aromatic rings. The van der Waals surface area contributed by atoms with Crippen LogP contribution in [-0.4, -0.2) is 120 Å². The average Bonchev–Trinajstić information content (AvgIpc) is 3.44. The summed E-state index contributed by atoms with van der Waals surface area (Å²) < 4.78 is 15.5. The van der Waals surface area contributed by atoms with Crippen LogP contribution in [0, 0.1) is 6.92 Å². The maximum atomic E-state index is 13.7. The molecule has 2 atom stereocenters. The molecule has 0 aliphatic carbocycles. The van der Waals surface area contributed by atoms with Crippen LogP contribution in [0.15, 0.2) is 34.7 Å². The molecule has 4 heterocycles. The van der Waals surface area contributed by atoms with Gasteiger partial charge in [0.1, 0.15) is 0 Å². The first-order chi connectivity index (χ1) is 22.1. The van der Waals surface area contributed by atoms with Gasteiger partial charge in [-0.25, -0.2) is 0 Å². The van der Waals surface area contributed by atoms with E-state index in [0.717, 1.165) is 5.69 Å². The summed E-state index contributed by atoms with van der Waals surface area (Å²) in [6.45, 7) is 5.34. The van der Waals surface area contributed by atoms with Gasteiger partial charge in [-0.3, -0.25) is 0 Å². The quantitative estimate of drug-likeness (QED) is 0.291. The minimum absolute atomic E-state index is 0.0195. The molecule has 2 aromatic heterocycles. The monoisotopic (exact) mass is 697 g/mol. The molecule has 1 aromatic carbocycles. The number of rotatable bonds is 11. The van der Waals surface area contributed by atoms with E-state index < -0.39 is 32.5 Å². The van der Waals surface area contributed by atoms with Crippen LogP contribution < -0.4 is 4.74 Å². The molecular weight excluding hydrogens is 661 g/mol. The van der Waals surface area contributed by atoms with E-state index in [2.05, 4.69) is 9.97 Å². The van der Waals surface area contributed by atoms with E-state index in [0.29, 0.717) is 47.8 Å². The molecule has 1 fully saturated rings. The number of aromatic nitrogens is 2. The van der Waals surface area contributed by atoms with Crippen molar-refractivity contribution in [3.63, 3.8) is 0 Å². The van der Waals surface area contributed by atoms with Gasteiger partial charge in [0.05, 0.1) is 0 Å². The van der Waals surface area contributed by atoms with Gasteiger partial charge in [0.15, 0.2) is 0 Å². The van der Waals surface area contributed by atoms with Crippen molar-refractivity contribution in [1.82, 2.24) is 24.7 Å². The molecule has 3 amide bonds. The number of piperazine rings is 1. The molecule has 0 saturated carbocycles. The van der Waals surface area contributed by atoms with Crippen LogP contribution in [0.3, 0.4) is 0 Å². The summed E-state index contributed by atoms with van der Waals surface area (Å²) in [5.41, 5.74) is 1.44. The number of carboxylic acids is 1. The number of oxazole rings is 1. The third-order valence-corrected chi connectivity index (χ3v) is 10.8. The Kier molecular flexibility index (Phi) is 10.6. The molecule has 0 spiro atoms. The summed E-state index contributed by atoms with van der Waals surface area (Å²) in [5, 5.41) is 9.95. The van der Waals surface area contributed by atoms with Gasteiger partial charge in [-0.2, -0.15) is 0 Å². The van der Waals surface area contributed by atoms with Gasteiger partial charge in [0, 0.05) is 6.92 Å². The molecule has 0 bridgehead atoms. The van der Waals surface area contributed by atoms with Crippen molar-refractivity contribution in [2.75, 3.05) is 45.9 Å². The Morgan fingerprint density at radius 1 is 1.02 bits per heavy atom. The third kappa shape index (κ3) is 7.85. The van der Waals surface area contributed by atoms with Crippen LogP contribution in [-0.2, 0) is 32.1 Å². The van der Waals surface area contributed by atoms with Crippen molar-refractivity contribution >= 4 is 55.1 Å². The number of fused-ring (bicyclic) bond motifs is 2. The van der Waals surface area contributed by atoms with Gasteiger partial charge in [0.25, 0.3) is 0 Å². The van der Waals surface area contributed by atoms with Gasteiger partial charge in [-0.1, -0.05) is 0 Å². The van der Waals surface area contributed by atoms with Gasteiger partial charge in [-0.05, 0) is 0 Å². The zero-order valence-corrected chi connectivity index (χ0v) is 27.8. The topological polar surface area (TPSA) is 173 Å². The summed E-state index contributed by atoms with van der Waals surface area (Å²) in [4.78, 5) is 77.4. The second-order valence-electron chi connectivity index (χ2n) is 10.9. The van der Waals surface area contributed by atoms with Gasteiger partial charge in [-0.15, -0.1) is 0 Å². The summed E-state index contributed by atoms with van der Waals surface area (Å²) in [6, 6.07) is 8.58. The fourth-order valence-corrected chi connectivity index (χ4v) is 7.94. The average molecular weight is 698 g/mol. The Hall–Kier alpha value is -4.45.